The lowest BCUT2D eigenvalue weighted by Gasteiger charge is -2.36. The van der Waals surface area contributed by atoms with Crippen LogP contribution in [-0.2, 0) is 6.42 Å². The predicted octanol–water partition coefficient (Wildman–Crippen LogP) is 6.79. The second-order valence-corrected chi connectivity index (χ2v) is 8.36. The van der Waals surface area contributed by atoms with E-state index in [1.807, 2.05) is 30.3 Å². The summed E-state index contributed by atoms with van der Waals surface area (Å²) < 4.78 is 13.6. The number of aromatic amines is 1. The van der Waals surface area contributed by atoms with Crippen LogP contribution >= 0.6 is 23.2 Å². The fourth-order valence-electron chi connectivity index (χ4n) is 4.22. The van der Waals surface area contributed by atoms with Gasteiger partial charge in [0.1, 0.15) is 5.82 Å². The summed E-state index contributed by atoms with van der Waals surface area (Å²) in [4.78, 5) is 18.5. The molecule has 0 saturated carbocycles. The Morgan fingerprint density at radius 1 is 1.06 bits per heavy atom. The van der Waals surface area contributed by atoms with Gasteiger partial charge in [0.15, 0.2) is 0 Å². The van der Waals surface area contributed by atoms with Crippen molar-refractivity contribution in [2.24, 2.45) is 0 Å². The number of anilines is 1. The molecule has 0 saturated heterocycles. The van der Waals surface area contributed by atoms with Crippen LogP contribution in [0.5, 0.6) is 0 Å². The number of aromatic nitrogens is 1. The van der Waals surface area contributed by atoms with Gasteiger partial charge < -0.3 is 15.2 Å². The van der Waals surface area contributed by atoms with Crippen molar-refractivity contribution in [2.75, 3.05) is 11.9 Å². The number of H-pyrrole nitrogens is 1. The van der Waals surface area contributed by atoms with Gasteiger partial charge in [-0.3, -0.25) is 0 Å². The van der Waals surface area contributed by atoms with E-state index >= 15 is 0 Å². The first-order chi connectivity index (χ1) is 15.0. The van der Waals surface area contributed by atoms with Gasteiger partial charge in [0.2, 0.25) is 0 Å². The van der Waals surface area contributed by atoms with Crippen molar-refractivity contribution < 1.29 is 9.18 Å². The summed E-state index contributed by atoms with van der Waals surface area (Å²) in [6.07, 6.45) is 0.670. The number of amides is 2. The van der Waals surface area contributed by atoms with E-state index in [0.29, 0.717) is 28.7 Å². The maximum absolute atomic E-state index is 13.6. The van der Waals surface area contributed by atoms with Crippen LogP contribution in [0.1, 0.15) is 22.9 Å². The number of fused-ring (bicyclic) bond motifs is 3. The smallest absolute Gasteiger partial charge is 0.322 e. The number of rotatable bonds is 2. The zero-order chi connectivity index (χ0) is 21.5. The molecular weight excluding hydrogens is 436 g/mol. The van der Waals surface area contributed by atoms with Crippen LogP contribution in [0.25, 0.3) is 10.9 Å². The third kappa shape index (κ3) is 3.64. The van der Waals surface area contributed by atoms with Crippen molar-refractivity contribution in [1.82, 2.24) is 9.88 Å². The molecule has 0 spiro atoms. The lowest BCUT2D eigenvalue weighted by molar-refractivity contribution is 0.193. The molecule has 0 fully saturated rings. The minimum Gasteiger partial charge on any atom is -0.356 e. The highest BCUT2D eigenvalue weighted by Crippen LogP contribution is 2.39. The van der Waals surface area contributed by atoms with Crippen LogP contribution in [0, 0.1) is 5.82 Å². The number of carbonyl (C=O) groups excluding carboxylic acids is 1. The van der Waals surface area contributed by atoms with Crippen LogP contribution in [0.2, 0.25) is 10.0 Å². The molecule has 7 heteroatoms. The first-order valence-corrected chi connectivity index (χ1v) is 10.6. The highest BCUT2D eigenvalue weighted by atomic mass is 35.5. The molecule has 4 nitrogen and oxygen atoms in total. The minimum atomic E-state index is -0.405. The summed E-state index contributed by atoms with van der Waals surface area (Å²) in [5, 5.41) is 5.08. The number of hydrogen-bond donors (Lipinski definition) is 2. The van der Waals surface area contributed by atoms with Gasteiger partial charge in [-0.1, -0.05) is 47.5 Å². The number of hydrogen-bond acceptors (Lipinski definition) is 1. The topological polar surface area (TPSA) is 48.1 Å². The fraction of sp³-hybridized carbons (Fsp3) is 0.125. The Bertz CT molecular complexity index is 1290. The maximum atomic E-state index is 13.6. The van der Waals surface area contributed by atoms with E-state index in [4.69, 9.17) is 23.2 Å². The third-order valence-electron chi connectivity index (χ3n) is 5.65. The summed E-state index contributed by atoms with van der Waals surface area (Å²) in [6, 6.07) is 18.4. The van der Waals surface area contributed by atoms with Crippen molar-refractivity contribution in [3.63, 3.8) is 0 Å². The van der Waals surface area contributed by atoms with E-state index in [2.05, 4.69) is 10.3 Å². The second-order valence-electron chi connectivity index (χ2n) is 7.51. The molecule has 5 rings (SSSR count). The maximum Gasteiger partial charge on any atom is 0.322 e. The van der Waals surface area contributed by atoms with Gasteiger partial charge in [0.05, 0.1) is 16.8 Å². The van der Waals surface area contributed by atoms with Crippen LogP contribution in [-0.4, -0.2) is 22.5 Å². The van der Waals surface area contributed by atoms with E-state index in [9.17, 15) is 9.18 Å². The van der Waals surface area contributed by atoms with Gasteiger partial charge in [-0.25, -0.2) is 9.18 Å². The summed E-state index contributed by atoms with van der Waals surface area (Å²) in [5.41, 5.74) is 4.34. The van der Waals surface area contributed by atoms with Gasteiger partial charge in [0, 0.05) is 28.2 Å². The van der Waals surface area contributed by atoms with Crippen LogP contribution in [0.4, 0.5) is 14.9 Å². The molecule has 1 aromatic heterocycles. The Balaban J connectivity index is 1.60. The van der Waals surface area contributed by atoms with Crippen molar-refractivity contribution >= 4 is 45.8 Å². The zero-order valence-electron chi connectivity index (χ0n) is 16.3. The number of carbonyl (C=O) groups is 1. The molecule has 156 valence electrons. The van der Waals surface area contributed by atoms with E-state index in [0.717, 1.165) is 27.7 Å². The normalized spacial score (nSPS) is 15.7. The average Bonchev–Trinajstić information content (AvgIpc) is 3.13. The fourth-order valence-corrected chi connectivity index (χ4v) is 4.58. The molecule has 2 N–H and O–H groups in total. The van der Waals surface area contributed by atoms with Gasteiger partial charge in [-0.15, -0.1) is 0 Å². The molecular formula is C24H18Cl2FN3O. The lowest BCUT2D eigenvalue weighted by atomic mass is 9.92. The number of urea groups is 1. The van der Waals surface area contributed by atoms with Crippen LogP contribution in [0.15, 0.2) is 66.7 Å². The molecule has 2 amide bonds. The van der Waals surface area contributed by atoms with E-state index in [1.54, 1.807) is 29.2 Å². The molecule has 1 aliphatic rings. The summed E-state index contributed by atoms with van der Waals surface area (Å²) >= 11 is 12.5. The van der Waals surface area contributed by atoms with Gasteiger partial charge in [0.25, 0.3) is 0 Å². The van der Waals surface area contributed by atoms with Crippen molar-refractivity contribution in [1.29, 1.82) is 0 Å². The molecule has 4 aromatic rings. The molecule has 0 radical (unpaired) electrons. The van der Waals surface area contributed by atoms with Gasteiger partial charge in [-0.05, 0) is 60.0 Å². The first kappa shape index (κ1) is 19.9. The average molecular weight is 454 g/mol. The van der Waals surface area contributed by atoms with Crippen LogP contribution < -0.4 is 5.32 Å². The van der Waals surface area contributed by atoms with Crippen molar-refractivity contribution in [3.05, 3.63) is 99.4 Å². The first-order valence-electron chi connectivity index (χ1n) is 9.89. The zero-order valence-corrected chi connectivity index (χ0v) is 17.8. The number of halogens is 3. The molecule has 0 unspecified atom stereocenters. The Morgan fingerprint density at radius 3 is 2.61 bits per heavy atom. The monoisotopic (exact) mass is 453 g/mol. The Kier molecular flexibility index (Phi) is 5.08. The molecule has 2 heterocycles. The molecule has 1 atom stereocenters. The number of para-hydroxylation sites is 1. The molecule has 0 bridgehead atoms. The standard InChI is InChI=1S/C24H18Cl2FN3O/c25-15-7-10-20-18(13-15)17-11-12-30(24(31)29-21-4-2-1-3-19(21)26)23(22(17)28-20)14-5-8-16(27)9-6-14/h1-10,13,23,28H,11-12H2,(H,29,31)/t23-/m0/s1. The molecule has 1 aliphatic heterocycles. The van der Waals surface area contributed by atoms with Gasteiger partial charge >= 0.3 is 6.03 Å². The summed E-state index contributed by atoms with van der Waals surface area (Å²) in [6.45, 7) is 0.491. The minimum absolute atomic E-state index is 0.273. The summed E-state index contributed by atoms with van der Waals surface area (Å²) in [7, 11) is 0. The molecule has 31 heavy (non-hydrogen) atoms. The molecule has 3 aromatic carbocycles. The predicted molar refractivity (Wildman–Crippen MR) is 122 cm³/mol. The van der Waals surface area contributed by atoms with Crippen molar-refractivity contribution in [2.45, 2.75) is 12.5 Å². The largest absolute Gasteiger partial charge is 0.356 e. The Labute approximate surface area is 188 Å². The summed E-state index contributed by atoms with van der Waals surface area (Å²) in [5.74, 6) is -0.324. The highest BCUT2D eigenvalue weighted by molar-refractivity contribution is 6.33. The quantitative estimate of drug-likeness (QED) is 0.344. The number of benzene rings is 3. The SMILES string of the molecule is O=C(Nc1ccccc1Cl)N1CCc2c([nH]c3ccc(Cl)cc23)[C@@H]1c1ccc(F)cc1. The second kappa shape index (κ2) is 7.91. The molecule has 0 aliphatic carbocycles. The van der Waals surface area contributed by atoms with E-state index in [-0.39, 0.29) is 11.8 Å². The third-order valence-corrected chi connectivity index (χ3v) is 6.22. The van der Waals surface area contributed by atoms with Crippen LogP contribution in [0.3, 0.4) is 0 Å². The Morgan fingerprint density at radius 2 is 1.84 bits per heavy atom. The highest BCUT2D eigenvalue weighted by Gasteiger charge is 2.34. The number of nitrogens with one attached hydrogen (secondary N) is 2. The number of nitrogens with zero attached hydrogens (tertiary/aromatic N) is 1. The van der Waals surface area contributed by atoms with E-state index in [1.165, 1.54) is 12.1 Å². The van der Waals surface area contributed by atoms with Crippen molar-refractivity contribution in [3.8, 4) is 0 Å². The van der Waals surface area contributed by atoms with Gasteiger partial charge in [-0.2, -0.15) is 0 Å². The lowest BCUT2D eigenvalue weighted by Crippen LogP contribution is -2.43. The Hall–Kier alpha value is -3.02. The van der Waals surface area contributed by atoms with E-state index < -0.39 is 6.04 Å².